The molecule has 0 spiro atoms. The summed E-state index contributed by atoms with van der Waals surface area (Å²) in [5.74, 6) is -0.558. The van der Waals surface area contributed by atoms with Crippen molar-refractivity contribution in [2.75, 3.05) is 26.7 Å². The first-order valence-corrected chi connectivity index (χ1v) is 8.49. The van der Waals surface area contributed by atoms with Crippen LogP contribution in [0.15, 0.2) is 34.7 Å². The molecule has 0 saturated carbocycles. The molecule has 0 fully saturated rings. The van der Waals surface area contributed by atoms with Crippen molar-refractivity contribution in [3.8, 4) is 0 Å². The molecule has 2 N–H and O–H groups in total. The largest absolute Gasteiger partial charge is 0.465 e. The molecule has 0 bridgehead atoms. The van der Waals surface area contributed by atoms with E-state index in [1.807, 2.05) is 6.08 Å². The topological polar surface area (TPSA) is 84.5 Å². The lowest BCUT2D eigenvalue weighted by molar-refractivity contribution is 0.0600. The van der Waals surface area contributed by atoms with Crippen LogP contribution < -0.4 is 10.0 Å². The van der Waals surface area contributed by atoms with Gasteiger partial charge in [-0.1, -0.05) is 17.7 Å². The van der Waals surface area contributed by atoms with Crippen molar-refractivity contribution in [3.05, 3.63) is 41.0 Å². The molecule has 1 aliphatic rings. The highest BCUT2D eigenvalue weighted by Gasteiger charge is 2.19. The number of methoxy groups -OCH3 is 1. The number of rotatable bonds is 5. The van der Waals surface area contributed by atoms with Crippen LogP contribution in [0.3, 0.4) is 0 Å². The van der Waals surface area contributed by atoms with Gasteiger partial charge in [-0.2, -0.15) is 0 Å². The van der Waals surface area contributed by atoms with E-state index in [1.165, 1.54) is 13.2 Å². The summed E-state index contributed by atoms with van der Waals surface area (Å²) >= 11 is 0. The van der Waals surface area contributed by atoms with E-state index in [0.29, 0.717) is 5.56 Å². The standard InChI is InChI=1S/C15H20N2O4S/c1-11-3-4-13(15(18)21-2)9-14(11)22(19,20)17-10-12-5-7-16-8-6-12/h3-5,9,16-17H,6-8,10H2,1-2H3. The zero-order valence-electron chi connectivity index (χ0n) is 12.7. The zero-order chi connectivity index (χ0) is 16.2. The highest BCUT2D eigenvalue weighted by atomic mass is 32.2. The first-order valence-electron chi connectivity index (χ1n) is 7.01. The molecule has 1 heterocycles. The fourth-order valence-electron chi connectivity index (χ4n) is 2.23. The van der Waals surface area contributed by atoms with Crippen LogP contribution >= 0.6 is 0 Å². The Morgan fingerprint density at radius 1 is 1.41 bits per heavy atom. The zero-order valence-corrected chi connectivity index (χ0v) is 13.5. The summed E-state index contributed by atoms with van der Waals surface area (Å²) in [7, 11) is -2.41. The Labute approximate surface area is 130 Å². The number of sulfonamides is 1. The minimum Gasteiger partial charge on any atom is -0.465 e. The highest BCUT2D eigenvalue weighted by molar-refractivity contribution is 7.89. The van der Waals surface area contributed by atoms with Crippen LogP contribution in [0, 0.1) is 6.92 Å². The van der Waals surface area contributed by atoms with Gasteiger partial charge in [-0.25, -0.2) is 17.9 Å². The Hall–Kier alpha value is -1.70. The maximum absolute atomic E-state index is 12.5. The summed E-state index contributed by atoms with van der Waals surface area (Å²) in [6.45, 7) is 3.59. The molecule has 1 aromatic carbocycles. The van der Waals surface area contributed by atoms with Gasteiger partial charge in [-0.15, -0.1) is 0 Å². The molecule has 120 valence electrons. The lowest BCUT2D eigenvalue weighted by Gasteiger charge is -2.15. The lowest BCUT2D eigenvalue weighted by Crippen LogP contribution is -2.30. The number of esters is 1. The van der Waals surface area contributed by atoms with Gasteiger partial charge in [-0.05, 0) is 37.6 Å². The van der Waals surface area contributed by atoms with Crippen molar-refractivity contribution >= 4 is 16.0 Å². The van der Waals surface area contributed by atoms with E-state index in [1.54, 1.807) is 19.1 Å². The number of aryl methyl sites for hydroxylation is 1. The third kappa shape index (κ3) is 3.94. The van der Waals surface area contributed by atoms with E-state index in [-0.39, 0.29) is 17.0 Å². The molecule has 7 heteroatoms. The highest BCUT2D eigenvalue weighted by Crippen LogP contribution is 2.18. The molecule has 6 nitrogen and oxygen atoms in total. The van der Waals surface area contributed by atoms with Gasteiger partial charge in [0.15, 0.2) is 0 Å². The summed E-state index contributed by atoms with van der Waals surface area (Å²) < 4.78 is 32.1. The van der Waals surface area contributed by atoms with Gasteiger partial charge in [0.2, 0.25) is 10.0 Å². The van der Waals surface area contributed by atoms with Crippen molar-refractivity contribution in [1.82, 2.24) is 10.0 Å². The van der Waals surface area contributed by atoms with Crippen LogP contribution in [-0.4, -0.2) is 41.1 Å². The van der Waals surface area contributed by atoms with Gasteiger partial charge < -0.3 is 10.1 Å². The molecule has 0 unspecified atom stereocenters. The van der Waals surface area contributed by atoms with Crippen LogP contribution in [0.25, 0.3) is 0 Å². The number of nitrogens with one attached hydrogen (secondary N) is 2. The third-order valence-corrected chi connectivity index (χ3v) is 5.09. The van der Waals surface area contributed by atoms with E-state index in [4.69, 9.17) is 0 Å². The summed E-state index contributed by atoms with van der Waals surface area (Å²) in [4.78, 5) is 11.7. The normalized spacial score (nSPS) is 15.3. The summed E-state index contributed by atoms with van der Waals surface area (Å²) in [6, 6.07) is 4.50. The van der Waals surface area contributed by atoms with E-state index < -0.39 is 16.0 Å². The first kappa shape index (κ1) is 16.7. The van der Waals surface area contributed by atoms with Crippen LogP contribution in [0.5, 0.6) is 0 Å². The predicted octanol–water partition coefficient (Wildman–Crippen LogP) is 0.980. The van der Waals surface area contributed by atoms with Crippen LogP contribution in [-0.2, 0) is 14.8 Å². The Bertz CT molecular complexity index is 695. The Kier molecular flexibility index (Phi) is 5.33. The van der Waals surface area contributed by atoms with Crippen molar-refractivity contribution in [2.45, 2.75) is 18.2 Å². The molecule has 0 aliphatic carbocycles. The second kappa shape index (κ2) is 7.04. The maximum Gasteiger partial charge on any atom is 0.337 e. The molecule has 22 heavy (non-hydrogen) atoms. The number of hydrogen-bond donors (Lipinski definition) is 2. The molecule has 1 aromatic rings. The number of ether oxygens (including phenoxy) is 1. The smallest absolute Gasteiger partial charge is 0.337 e. The fourth-order valence-corrected chi connectivity index (χ4v) is 3.53. The molecule has 0 radical (unpaired) electrons. The van der Waals surface area contributed by atoms with Crippen molar-refractivity contribution in [1.29, 1.82) is 0 Å². The summed E-state index contributed by atoms with van der Waals surface area (Å²) in [6.07, 6.45) is 2.81. The lowest BCUT2D eigenvalue weighted by atomic mass is 10.1. The maximum atomic E-state index is 12.5. The quantitative estimate of drug-likeness (QED) is 0.623. The van der Waals surface area contributed by atoms with Crippen molar-refractivity contribution in [2.24, 2.45) is 0 Å². The second-order valence-electron chi connectivity index (χ2n) is 5.11. The molecule has 0 atom stereocenters. The average Bonchev–Trinajstić information content (AvgIpc) is 2.53. The minimum absolute atomic E-state index is 0.102. The van der Waals surface area contributed by atoms with E-state index in [2.05, 4.69) is 14.8 Å². The fraction of sp³-hybridized carbons (Fsp3) is 0.400. The first-order chi connectivity index (χ1) is 10.4. The SMILES string of the molecule is COC(=O)c1ccc(C)c(S(=O)(=O)NCC2=CCNCC2)c1. The number of benzene rings is 1. The van der Waals surface area contributed by atoms with E-state index in [9.17, 15) is 13.2 Å². The van der Waals surface area contributed by atoms with Gasteiger partial charge in [0.25, 0.3) is 0 Å². The van der Waals surface area contributed by atoms with E-state index >= 15 is 0 Å². The summed E-state index contributed by atoms with van der Waals surface area (Å²) in [5, 5.41) is 3.17. The number of hydrogen-bond acceptors (Lipinski definition) is 5. The van der Waals surface area contributed by atoms with Gasteiger partial charge in [0.1, 0.15) is 0 Å². The van der Waals surface area contributed by atoms with E-state index in [0.717, 1.165) is 25.1 Å². The van der Waals surface area contributed by atoms with Crippen molar-refractivity contribution < 1.29 is 17.9 Å². The second-order valence-corrected chi connectivity index (χ2v) is 6.85. The molecule has 0 aromatic heterocycles. The average molecular weight is 324 g/mol. The Morgan fingerprint density at radius 3 is 2.82 bits per heavy atom. The monoisotopic (exact) mass is 324 g/mol. The third-order valence-electron chi connectivity index (χ3n) is 3.55. The van der Waals surface area contributed by atoms with Crippen LogP contribution in [0.4, 0.5) is 0 Å². The van der Waals surface area contributed by atoms with Crippen LogP contribution in [0.1, 0.15) is 22.3 Å². The minimum atomic E-state index is -3.67. The molecular weight excluding hydrogens is 304 g/mol. The molecular formula is C15H20N2O4S. The molecule has 0 amide bonds. The van der Waals surface area contributed by atoms with Gasteiger partial charge in [0, 0.05) is 13.1 Å². The van der Waals surface area contributed by atoms with Crippen molar-refractivity contribution in [3.63, 3.8) is 0 Å². The Morgan fingerprint density at radius 2 is 2.18 bits per heavy atom. The number of carbonyl (C=O) groups excluding carboxylic acids is 1. The number of carbonyl (C=O) groups is 1. The molecule has 0 saturated heterocycles. The van der Waals surface area contributed by atoms with Crippen LogP contribution in [0.2, 0.25) is 0 Å². The molecule has 2 rings (SSSR count). The predicted molar refractivity (Wildman–Crippen MR) is 83.3 cm³/mol. The summed E-state index contributed by atoms with van der Waals surface area (Å²) in [5.41, 5.74) is 1.86. The Balaban J connectivity index is 2.21. The van der Waals surface area contributed by atoms with Gasteiger partial charge >= 0.3 is 5.97 Å². The van der Waals surface area contributed by atoms with Gasteiger partial charge in [0.05, 0.1) is 17.6 Å². The van der Waals surface area contributed by atoms with Gasteiger partial charge in [-0.3, -0.25) is 0 Å². The molecule has 1 aliphatic heterocycles.